The molecule has 5 nitrogen and oxygen atoms in total. The molecule has 72 valence electrons. The number of halogens is 1. The zero-order valence-electron chi connectivity index (χ0n) is 6.22. The van der Waals surface area contributed by atoms with E-state index in [-0.39, 0.29) is 5.88 Å². The summed E-state index contributed by atoms with van der Waals surface area (Å²) in [4.78, 5) is 0. The van der Waals surface area contributed by atoms with Crippen molar-refractivity contribution in [3.8, 4) is 0 Å². The number of hydrogen-bond acceptors (Lipinski definition) is 5. The predicted molar refractivity (Wildman–Crippen MR) is 39.6 cm³/mol. The molecule has 4 atom stereocenters. The molecule has 0 aromatic heterocycles. The average molecular weight is 199 g/mol. The molecule has 1 rings (SSSR count). The molecule has 0 bridgehead atoms. The van der Waals surface area contributed by atoms with Crippen LogP contribution >= 0.6 is 11.6 Å². The maximum Gasteiger partial charge on any atom is 0.219 e. The van der Waals surface area contributed by atoms with Crippen molar-refractivity contribution >= 4 is 11.6 Å². The van der Waals surface area contributed by atoms with E-state index in [9.17, 15) is 15.3 Å². The smallest absolute Gasteiger partial charge is 0.219 e. The molecule has 1 fully saturated rings. The van der Waals surface area contributed by atoms with Crippen LogP contribution in [0.25, 0.3) is 0 Å². The number of aliphatic hydroxyl groups excluding tert-OH is 3. The monoisotopic (exact) mass is 198 g/mol. The lowest BCUT2D eigenvalue weighted by atomic mass is 10.1. The second-order valence-corrected chi connectivity index (χ2v) is 3.06. The van der Waals surface area contributed by atoms with Crippen molar-refractivity contribution in [2.75, 3.05) is 12.5 Å². The van der Waals surface area contributed by atoms with Crippen molar-refractivity contribution < 1.29 is 25.2 Å². The molecule has 12 heavy (non-hydrogen) atoms. The van der Waals surface area contributed by atoms with Gasteiger partial charge in [0.25, 0.3) is 0 Å². The molecule has 0 amide bonds. The van der Waals surface area contributed by atoms with Crippen LogP contribution in [0.3, 0.4) is 0 Å². The highest BCUT2D eigenvalue weighted by molar-refractivity contribution is 6.18. The first-order valence-corrected chi connectivity index (χ1v) is 4.01. The second kappa shape index (κ2) is 3.45. The Labute approximate surface area is 74.2 Å². The molecule has 0 aromatic rings. The molecule has 1 heterocycles. The lowest BCUT2D eigenvalue weighted by molar-refractivity contribution is -0.243. The van der Waals surface area contributed by atoms with Gasteiger partial charge in [-0.15, -0.1) is 11.6 Å². The first kappa shape index (κ1) is 10.2. The van der Waals surface area contributed by atoms with Gasteiger partial charge in [-0.3, -0.25) is 0 Å². The number of rotatable bonds is 2. The SMILES string of the molecule is OC[C@]1(O)O[C@H](CCl)[C@@H](O)[C@@H]1O. The molecule has 0 spiro atoms. The molecule has 1 saturated heterocycles. The van der Waals surface area contributed by atoms with E-state index in [1.54, 1.807) is 0 Å². The van der Waals surface area contributed by atoms with Crippen LogP contribution in [0.4, 0.5) is 0 Å². The Balaban J connectivity index is 2.72. The van der Waals surface area contributed by atoms with Gasteiger partial charge in [0.15, 0.2) is 0 Å². The molecular formula is C6H11ClO5. The van der Waals surface area contributed by atoms with E-state index in [4.69, 9.17) is 21.4 Å². The normalized spacial score (nSPS) is 48.2. The Hall–Kier alpha value is 0.0900. The summed E-state index contributed by atoms with van der Waals surface area (Å²) in [6, 6.07) is 0. The summed E-state index contributed by atoms with van der Waals surface area (Å²) in [5, 5.41) is 36.3. The molecule has 0 aromatic carbocycles. The quantitative estimate of drug-likeness (QED) is 0.387. The lowest BCUT2D eigenvalue weighted by Crippen LogP contribution is -2.46. The Morgan fingerprint density at radius 3 is 2.25 bits per heavy atom. The standard InChI is InChI=1S/C6H11ClO5/c7-1-3-4(9)5(10)6(11,2-8)12-3/h3-5,8-11H,1-2H2/t3-,4-,5+,6+/m1/s1. The van der Waals surface area contributed by atoms with Gasteiger partial charge in [-0.25, -0.2) is 0 Å². The maximum absolute atomic E-state index is 9.30. The lowest BCUT2D eigenvalue weighted by Gasteiger charge is -2.22. The van der Waals surface area contributed by atoms with Crippen molar-refractivity contribution in [3.05, 3.63) is 0 Å². The third kappa shape index (κ3) is 1.44. The fraction of sp³-hybridized carbons (Fsp3) is 1.00. The van der Waals surface area contributed by atoms with E-state index < -0.39 is 30.7 Å². The van der Waals surface area contributed by atoms with E-state index in [0.29, 0.717) is 0 Å². The maximum atomic E-state index is 9.30. The van der Waals surface area contributed by atoms with Gasteiger partial charge in [0.2, 0.25) is 5.79 Å². The summed E-state index contributed by atoms with van der Waals surface area (Å²) < 4.78 is 4.75. The summed E-state index contributed by atoms with van der Waals surface area (Å²) in [5.41, 5.74) is 0. The molecule has 1 aliphatic heterocycles. The van der Waals surface area contributed by atoms with Gasteiger partial charge >= 0.3 is 0 Å². The summed E-state index contributed by atoms with van der Waals surface area (Å²) in [6.45, 7) is -0.779. The van der Waals surface area contributed by atoms with Crippen LogP contribution in [0.1, 0.15) is 0 Å². The minimum atomic E-state index is -2.08. The number of hydrogen-bond donors (Lipinski definition) is 4. The van der Waals surface area contributed by atoms with Crippen molar-refractivity contribution in [2.45, 2.75) is 24.1 Å². The van der Waals surface area contributed by atoms with Crippen LogP contribution < -0.4 is 0 Å². The highest BCUT2D eigenvalue weighted by Gasteiger charge is 2.52. The minimum absolute atomic E-state index is 0.0550. The van der Waals surface area contributed by atoms with Crippen LogP contribution in [0, 0.1) is 0 Å². The van der Waals surface area contributed by atoms with Crippen LogP contribution in [-0.2, 0) is 4.74 Å². The largest absolute Gasteiger partial charge is 0.391 e. The molecule has 0 aliphatic carbocycles. The zero-order valence-corrected chi connectivity index (χ0v) is 6.98. The fourth-order valence-corrected chi connectivity index (χ4v) is 1.37. The van der Waals surface area contributed by atoms with E-state index in [2.05, 4.69) is 0 Å². The fourth-order valence-electron chi connectivity index (χ4n) is 1.13. The van der Waals surface area contributed by atoms with E-state index in [1.165, 1.54) is 0 Å². The van der Waals surface area contributed by atoms with Crippen molar-refractivity contribution in [3.63, 3.8) is 0 Å². The zero-order chi connectivity index (χ0) is 9.35. The number of aliphatic hydroxyl groups is 4. The van der Waals surface area contributed by atoms with Crippen molar-refractivity contribution in [1.82, 2.24) is 0 Å². The molecule has 0 unspecified atom stereocenters. The first-order chi connectivity index (χ1) is 5.55. The van der Waals surface area contributed by atoms with Gasteiger partial charge < -0.3 is 25.2 Å². The average Bonchev–Trinajstić information content (AvgIpc) is 2.31. The molecule has 1 aliphatic rings. The summed E-state index contributed by atoms with van der Waals surface area (Å²) in [7, 11) is 0. The van der Waals surface area contributed by atoms with Crippen LogP contribution in [-0.4, -0.2) is 57.0 Å². The highest BCUT2D eigenvalue weighted by Crippen LogP contribution is 2.29. The Morgan fingerprint density at radius 1 is 1.42 bits per heavy atom. The minimum Gasteiger partial charge on any atom is -0.391 e. The third-order valence-electron chi connectivity index (χ3n) is 1.90. The van der Waals surface area contributed by atoms with Gasteiger partial charge in [0.1, 0.15) is 18.3 Å². The molecular weight excluding hydrogens is 188 g/mol. The van der Waals surface area contributed by atoms with E-state index in [1.807, 2.05) is 0 Å². The third-order valence-corrected chi connectivity index (χ3v) is 2.20. The summed E-state index contributed by atoms with van der Waals surface area (Å²) >= 11 is 5.36. The van der Waals surface area contributed by atoms with Gasteiger partial charge in [0.05, 0.1) is 12.5 Å². The molecule has 6 heteroatoms. The van der Waals surface area contributed by atoms with Crippen molar-refractivity contribution in [1.29, 1.82) is 0 Å². The van der Waals surface area contributed by atoms with Gasteiger partial charge in [-0.1, -0.05) is 0 Å². The second-order valence-electron chi connectivity index (χ2n) is 2.75. The first-order valence-electron chi connectivity index (χ1n) is 3.48. The molecule has 4 N–H and O–H groups in total. The van der Waals surface area contributed by atoms with Gasteiger partial charge in [-0.05, 0) is 0 Å². The Kier molecular flexibility index (Phi) is 2.92. The van der Waals surface area contributed by atoms with E-state index >= 15 is 0 Å². The van der Waals surface area contributed by atoms with Crippen LogP contribution in [0.15, 0.2) is 0 Å². The Morgan fingerprint density at radius 2 is 2.00 bits per heavy atom. The van der Waals surface area contributed by atoms with Gasteiger partial charge in [0, 0.05) is 0 Å². The van der Waals surface area contributed by atoms with Crippen LogP contribution in [0.5, 0.6) is 0 Å². The van der Waals surface area contributed by atoms with Crippen molar-refractivity contribution in [2.24, 2.45) is 0 Å². The van der Waals surface area contributed by atoms with Gasteiger partial charge in [-0.2, -0.15) is 0 Å². The number of alkyl halides is 1. The summed E-state index contributed by atoms with van der Waals surface area (Å²) in [6.07, 6.45) is -3.63. The van der Waals surface area contributed by atoms with Crippen LogP contribution in [0.2, 0.25) is 0 Å². The molecule has 0 saturated carbocycles. The number of ether oxygens (including phenoxy) is 1. The van der Waals surface area contributed by atoms with E-state index in [0.717, 1.165) is 0 Å². The summed E-state index contributed by atoms with van der Waals surface area (Å²) in [5.74, 6) is -2.14. The predicted octanol–water partition coefficient (Wildman–Crippen LogP) is -1.97. The molecule has 0 radical (unpaired) electrons. The topological polar surface area (TPSA) is 90.2 Å². The highest BCUT2D eigenvalue weighted by atomic mass is 35.5. The Bertz CT molecular complexity index is 166.